The fourth-order valence-corrected chi connectivity index (χ4v) is 12.4. The number of rotatable bonds is 11. The molecule has 0 spiro atoms. The van der Waals surface area contributed by atoms with Crippen molar-refractivity contribution in [3.8, 4) is 0 Å². The van der Waals surface area contributed by atoms with E-state index in [4.69, 9.17) is 32.4 Å². The molecule has 7 heteroatoms. The minimum Gasteiger partial charge on any atom is -0.405 e. The van der Waals surface area contributed by atoms with E-state index < -0.39 is 26.1 Å². The van der Waals surface area contributed by atoms with Gasteiger partial charge in [0.05, 0.1) is 18.7 Å². The quantitative estimate of drug-likeness (QED) is 0.116. The standard InChI is InChI=1S/C41H45Cl2NO3Si/c1-6-26-41(5)39(45)44(37(30-22-24-32(42)25-23-30)38(47-41)31-14-13-15-33(43)27-31)36(29-20-21-29)28-46-48(40(2,3)4,34-16-9-7-10-17-34)35-18-11-8-12-19-35/h6-19,22-25,27,29,36-38H,1,20-21,26,28H2,2-5H3. The van der Waals surface area contributed by atoms with Gasteiger partial charge in [-0.2, -0.15) is 0 Å². The zero-order chi connectivity index (χ0) is 34.1. The lowest BCUT2D eigenvalue weighted by Gasteiger charge is -2.52. The van der Waals surface area contributed by atoms with Gasteiger partial charge in [0.25, 0.3) is 14.2 Å². The van der Waals surface area contributed by atoms with Gasteiger partial charge in [0.1, 0.15) is 11.7 Å². The Morgan fingerprint density at radius 1 is 0.896 bits per heavy atom. The van der Waals surface area contributed by atoms with Gasteiger partial charge in [-0.1, -0.05) is 135 Å². The summed E-state index contributed by atoms with van der Waals surface area (Å²) in [6, 6.07) is 36.3. The predicted molar refractivity (Wildman–Crippen MR) is 200 cm³/mol. The SMILES string of the molecule is C=CCC1(C)OC(c2cccc(Cl)c2)C(c2ccc(Cl)cc2)N(C(CO[Si](c2ccccc2)(c2ccccc2)C(C)(C)C)C2CC2)C1=O. The van der Waals surface area contributed by atoms with Crippen LogP contribution < -0.4 is 10.4 Å². The van der Waals surface area contributed by atoms with E-state index >= 15 is 4.79 Å². The largest absolute Gasteiger partial charge is 0.405 e. The first-order valence-corrected chi connectivity index (χ1v) is 19.5. The molecule has 6 rings (SSSR count). The zero-order valence-electron chi connectivity index (χ0n) is 28.2. The second kappa shape index (κ2) is 14.0. The van der Waals surface area contributed by atoms with Crippen LogP contribution in [0.25, 0.3) is 0 Å². The second-order valence-corrected chi connectivity index (χ2v) is 19.6. The van der Waals surface area contributed by atoms with Gasteiger partial charge in [-0.25, -0.2) is 0 Å². The van der Waals surface area contributed by atoms with E-state index in [-0.39, 0.29) is 17.0 Å². The van der Waals surface area contributed by atoms with E-state index in [9.17, 15) is 0 Å². The lowest BCUT2D eigenvalue weighted by atomic mass is 9.85. The molecule has 250 valence electrons. The van der Waals surface area contributed by atoms with Crippen molar-refractivity contribution in [1.82, 2.24) is 4.90 Å². The van der Waals surface area contributed by atoms with Crippen LogP contribution in [-0.2, 0) is 14.0 Å². The Morgan fingerprint density at radius 2 is 1.50 bits per heavy atom. The number of hydrogen-bond acceptors (Lipinski definition) is 3. The van der Waals surface area contributed by atoms with Crippen molar-refractivity contribution in [2.24, 2.45) is 5.92 Å². The van der Waals surface area contributed by atoms with Gasteiger partial charge in [0, 0.05) is 16.5 Å². The van der Waals surface area contributed by atoms with Crippen molar-refractivity contribution in [2.75, 3.05) is 6.61 Å². The topological polar surface area (TPSA) is 38.8 Å². The second-order valence-electron chi connectivity index (χ2n) is 14.4. The van der Waals surface area contributed by atoms with Crippen molar-refractivity contribution >= 4 is 47.8 Å². The van der Waals surface area contributed by atoms with Gasteiger partial charge in [-0.15, -0.1) is 6.58 Å². The number of amides is 1. The van der Waals surface area contributed by atoms with Crippen LogP contribution >= 0.6 is 23.2 Å². The molecule has 4 aromatic rings. The van der Waals surface area contributed by atoms with Crippen molar-refractivity contribution in [1.29, 1.82) is 0 Å². The number of carbonyl (C=O) groups is 1. The average molecular weight is 699 g/mol. The molecule has 1 saturated heterocycles. The highest BCUT2D eigenvalue weighted by molar-refractivity contribution is 6.99. The summed E-state index contributed by atoms with van der Waals surface area (Å²) in [6.45, 7) is 13.2. The van der Waals surface area contributed by atoms with E-state index in [1.807, 2.05) is 55.5 Å². The number of carbonyl (C=O) groups excluding carboxylic acids is 1. The lowest BCUT2D eigenvalue weighted by Crippen LogP contribution is -2.68. The molecule has 4 atom stereocenters. The van der Waals surface area contributed by atoms with Crippen LogP contribution in [0.5, 0.6) is 0 Å². The molecule has 0 bridgehead atoms. The van der Waals surface area contributed by atoms with Crippen LogP contribution in [0.1, 0.15) is 70.2 Å². The van der Waals surface area contributed by atoms with Gasteiger partial charge >= 0.3 is 0 Å². The van der Waals surface area contributed by atoms with Gasteiger partial charge in [-0.3, -0.25) is 4.79 Å². The molecule has 2 aliphatic rings. The molecule has 4 aromatic carbocycles. The molecule has 4 unspecified atom stereocenters. The van der Waals surface area contributed by atoms with Gasteiger partial charge in [0.2, 0.25) is 0 Å². The molecule has 1 heterocycles. The maximum Gasteiger partial charge on any atom is 0.261 e. The van der Waals surface area contributed by atoms with Gasteiger partial charge in [-0.05, 0) is 76.5 Å². The molecule has 1 amide bonds. The van der Waals surface area contributed by atoms with Crippen molar-refractivity contribution in [3.63, 3.8) is 0 Å². The Balaban J connectivity index is 1.51. The summed E-state index contributed by atoms with van der Waals surface area (Å²) in [7, 11) is -2.88. The molecular weight excluding hydrogens is 653 g/mol. The van der Waals surface area contributed by atoms with E-state index in [2.05, 4.69) is 92.9 Å². The summed E-state index contributed by atoms with van der Waals surface area (Å²) < 4.78 is 14.5. The summed E-state index contributed by atoms with van der Waals surface area (Å²) in [5.74, 6) is 0.247. The van der Waals surface area contributed by atoms with Crippen LogP contribution in [0.4, 0.5) is 0 Å². The maximum absolute atomic E-state index is 15.0. The fourth-order valence-electron chi connectivity index (χ4n) is 7.53. The number of morpholine rings is 1. The van der Waals surface area contributed by atoms with Crippen LogP contribution in [0, 0.1) is 5.92 Å². The zero-order valence-corrected chi connectivity index (χ0v) is 30.8. The summed E-state index contributed by atoms with van der Waals surface area (Å²) in [5, 5.41) is 3.49. The molecule has 0 radical (unpaired) electrons. The molecule has 48 heavy (non-hydrogen) atoms. The predicted octanol–water partition coefficient (Wildman–Crippen LogP) is 9.32. The summed E-state index contributed by atoms with van der Waals surface area (Å²) in [5.41, 5.74) is 0.745. The lowest BCUT2D eigenvalue weighted by molar-refractivity contribution is -0.204. The van der Waals surface area contributed by atoms with Crippen LogP contribution in [0.15, 0.2) is 122 Å². The highest BCUT2D eigenvalue weighted by Gasteiger charge is 2.56. The van der Waals surface area contributed by atoms with Crippen LogP contribution in [0.3, 0.4) is 0 Å². The van der Waals surface area contributed by atoms with Crippen molar-refractivity contribution in [3.05, 3.63) is 143 Å². The molecule has 1 aliphatic heterocycles. The first-order valence-electron chi connectivity index (χ1n) is 16.9. The Labute approximate surface area is 296 Å². The van der Waals surface area contributed by atoms with E-state index in [0.717, 1.165) is 24.0 Å². The third kappa shape index (κ3) is 6.68. The number of hydrogen-bond donors (Lipinski definition) is 0. The van der Waals surface area contributed by atoms with Crippen LogP contribution in [-0.4, -0.2) is 37.4 Å². The number of benzene rings is 4. The van der Waals surface area contributed by atoms with Gasteiger partial charge < -0.3 is 14.1 Å². The molecule has 1 saturated carbocycles. The first-order chi connectivity index (χ1) is 23.0. The highest BCUT2D eigenvalue weighted by atomic mass is 35.5. The van der Waals surface area contributed by atoms with Crippen molar-refractivity contribution < 1.29 is 14.0 Å². The molecule has 2 fully saturated rings. The summed E-state index contributed by atoms with van der Waals surface area (Å²) in [6.07, 6.45) is 3.74. The number of nitrogens with zero attached hydrogens (tertiary/aromatic N) is 1. The first kappa shape index (κ1) is 34.7. The molecule has 0 aromatic heterocycles. The Hall–Kier alpha value is -3.19. The fraction of sp³-hybridized carbons (Fsp3) is 0.341. The number of ether oxygens (including phenoxy) is 1. The maximum atomic E-state index is 15.0. The summed E-state index contributed by atoms with van der Waals surface area (Å²) in [4.78, 5) is 17.1. The average Bonchev–Trinajstić information content (AvgIpc) is 3.91. The minimum atomic E-state index is -2.88. The van der Waals surface area contributed by atoms with E-state index in [0.29, 0.717) is 29.0 Å². The monoisotopic (exact) mass is 697 g/mol. The molecular formula is C41H45Cl2NO3Si. The van der Waals surface area contributed by atoms with E-state index in [1.54, 1.807) is 6.08 Å². The third-order valence-electron chi connectivity index (χ3n) is 9.99. The van der Waals surface area contributed by atoms with Crippen LogP contribution in [0.2, 0.25) is 15.1 Å². The molecule has 0 N–H and O–H groups in total. The number of halogens is 2. The van der Waals surface area contributed by atoms with Crippen molar-refractivity contribution in [2.45, 2.75) is 75.8 Å². The highest BCUT2D eigenvalue weighted by Crippen LogP contribution is 2.51. The molecule has 1 aliphatic carbocycles. The Bertz CT molecular complexity index is 1680. The minimum absolute atomic E-state index is 0.0522. The normalized spacial score (nSPS) is 22.4. The van der Waals surface area contributed by atoms with Gasteiger partial charge in [0.15, 0.2) is 0 Å². The smallest absolute Gasteiger partial charge is 0.261 e. The Morgan fingerprint density at radius 3 is 2.02 bits per heavy atom. The molecule has 4 nitrogen and oxygen atoms in total. The third-order valence-corrected chi connectivity index (χ3v) is 15.5. The van der Waals surface area contributed by atoms with E-state index in [1.165, 1.54) is 10.4 Å². The Kier molecular flexibility index (Phi) is 10.1. The summed E-state index contributed by atoms with van der Waals surface area (Å²) >= 11 is 13.0.